The van der Waals surface area contributed by atoms with Gasteiger partial charge in [0.1, 0.15) is 0 Å². The lowest BCUT2D eigenvalue weighted by Crippen LogP contribution is -2.59. The van der Waals surface area contributed by atoms with Crippen LogP contribution in [0.5, 0.6) is 0 Å². The zero-order valence-corrected chi connectivity index (χ0v) is 68.2. The van der Waals surface area contributed by atoms with E-state index in [1.807, 2.05) is 93.6 Å². The van der Waals surface area contributed by atoms with E-state index in [1.54, 1.807) is 232 Å². The van der Waals surface area contributed by atoms with Gasteiger partial charge in [-0.15, -0.1) is 0 Å². The van der Waals surface area contributed by atoms with Crippen molar-refractivity contribution < 1.29 is 50.5 Å². The predicted molar refractivity (Wildman–Crippen MR) is 442 cm³/mol. The van der Waals surface area contributed by atoms with Crippen molar-refractivity contribution in [2.75, 3.05) is 20.4 Å². The van der Waals surface area contributed by atoms with Crippen molar-refractivity contribution >= 4 is 82.9 Å². The third-order valence-corrected chi connectivity index (χ3v) is 28.8. The van der Waals surface area contributed by atoms with Crippen LogP contribution in [0.1, 0.15) is 117 Å². The Hall–Kier alpha value is -8.82. The van der Waals surface area contributed by atoms with Gasteiger partial charge in [-0.05, 0) is 223 Å². The first-order valence-corrected chi connectivity index (χ1v) is 45.7. The molecule has 0 aliphatic heterocycles. The summed E-state index contributed by atoms with van der Waals surface area (Å²) in [6, 6.07) is 85.6. The molecule has 0 atom stereocenters. The summed E-state index contributed by atoms with van der Waals surface area (Å²) in [5.41, 5.74) is 2.92. The van der Waals surface area contributed by atoms with Crippen molar-refractivity contribution in [3.8, 4) is 0 Å². The Kier molecular flexibility index (Phi) is 29.4. The van der Waals surface area contributed by atoms with Gasteiger partial charge in [0.2, 0.25) is 30.1 Å². The average Bonchev–Trinajstić information content (AvgIpc) is 0.742. The second-order valence-electron chi connectivity index (χ2n) is 30.1. The third kappa shape index (κ3) is 24.8. The summed E-state index contributed by atoms with van der Waals surface area (Å²) in [6.45, 7) is 12.1. The summed E-state index contributed by atoms with van der Waals surface area (Å²) >= 11 is 0. The summed E-state index contributed by atoms with van der Waals surface area (Å²) in [7, 11) is -19.2. The van der Waals surface area contributed by atoms with Gasteiger partial charge in [0.05, 0.1) is 46.4 Å². The van der Waals surface area contributed by atoms with E-state index < -0.39 is 65.7 Å². The SMILES string of the molecule is CC(C)(C)CC(C)(C)NS(=O)(=O)c1ccccc1.CN(c1ccccc1)S(=O)(=O)c1ccccc1.Cc1ccc(S(=O)(=O)Nc2ccccc2)cc1.O=S(=O)(NC12CC3CC(CC(C3)C1)C2)c1ccccc1.O=S(=O)(NC1CCCCC1)c1ccccc1.O=S(=O)(c1ccccc1)N(c1ccccc1)c1ccccc1. The van der Waals surface area contributed by atoms with E-state index in [1.165, 1.54) is 34.3 Å². The van der Waals surface area contributed by atoms with Gasteiger partial charge in [-0.3, -0.25) is 9.03 Å². The molecule has 0 spiro atoms. The van der Waals surface area contributed by atoms with Crippen molar-refractivity contribution in [3.05, 3.63) is 303 Å². The number of nitrogens with zero attached hydrogens (tertiary/aromatic N) is 2. The first-order chi connectivity index (χ1) is 52.1. The fraction of sp³-hybridized carbons (Fsp3) is 0.302. The minimum absolute atomic E-state index is 0.0721. The molecule has 15 rings (SSSR count). The monoisotopic (exact) mass is 1600 g/mol. The largest absolute Gasteiger partial charge is 0.280 e. The first-order valence-electron chi connectivity index (χ1n) is 36.8. The standard InChI is InChI=1S/C18H15NO2S.C16H21NO2S.C14H23NO2S.2C13H13NO2S.C12H17NO2S/c20-22(21,18-14-8-3-9-15-18)19(16-10-4-1-5-11-16)17-12-6-2-7-13-17;18-20(19,15-4-2-1-3-5-15)17-16-9-12-6-13(10-16)8-14(7-12)11-16;1-13(2,3)11-14(4,5)15-18(16,17)12-9-7-6-8-10-12;1-14(12-8-4-2-5-9-12)17(15,16)13-10-6-3-7-11-13;1-11-7-9-13(10-8-11)17(15,16)14-12-5-3-2-4-6-12;14-16(15,12-9-5-2-6-10-12)13-11-7-3-1-4-8-11/h1-15H;1-5,12-14,17H,6-11H2;6-10,15H,11H2,1-5H3;2-11H,1H3;2-10,14H,1H3;2,5-6,9-11,13H,1,3-4,7-8H2. The molecule has 10 aromatic rings. The fourth-order valence-electron chi connectivity index (χ4n) is 14.9. The molecule has 4 N–H and O–H groups in total. The maximum atomic E-state index is 13.1. The van der Waals surface area contributed by atoms with Crippen LogP contribution < -0.4 is 27.5 Å². The smallest absolute Gasteiger partial charge is 0.268 e. The maximum Gasteiger partial charge on any atom is 0.268 e. The third-order valence-electron chi connectivity index (χ3n) is 19.0. The minimum atomic E-state index is -3.67. The quantitative estimate of drug-likeness (QED) is 0.0555. The van der Waals surface area contributed by atoms with Crippen LogP contribution in [0.2, 0.25) is 0 Å². The molecular formula is C86H102N6O12S6. The Labute approximate surface area is 654 Å². The molecule has 10 aromatic carbocycles. The number of rotatable bonds is 20. The van der Waals surface area contributed by atoms with Crippen LogP contribution in [-0.4, -0.2) is 74.7 Å². The molecule has 0 aromatic heterocycles. The number of benzene rings is 10. The number of aryl methyl sites for hydroxylation is 1. The van der Waals surface area contributed by atoms with Crippen molar-refractivity contribution in [2.45, 2.75) is 165 Å². The zero-order valence-electron chi connectivity index (χ0n) is 63.3. The van der Waals surface area contributed by atoms with Crippen molar-refractivity contribution in [1.82, 2.24) is 14.2 Å². The van der Waals surface area contributed by atoms with Gasteiger partial charge in [-0.2, -0.15) is 0 Å². The summed E-state index contributed by atoms with van der Waals surface area (Å²) in [5.74, 6) is 2.25. The molecule has 110 heavy (non-hydrogen) atoms. The Balaban J connectivity index is 0.000000152. The molecule has 4 bridgehead atoms. The average molecular weight is 1600 g/mol. The summed E-state index contributed by atoms with van der Waals surface area (Å²) in [6.07, 6.45) is 13.3. The zero-order chi connectivity index (χ0) is 79.3. The molecule has 0 amide bonds. The Morgan fingerprint density at radius 1 is 0.364 bits per heavy atom. The molecule has 0 radical (unpaired) electrons. The Morgan fingerprint density at radius 3 is 1.08 bits per heavy atom. The van der Waals surface area contributed by atoms with Crippen LogP contribution in [-0.2, 0) is 60.1 Å². The summed E-state index contributed by atoms with van der Waals surface area (Å²) < 4.78 is 162. The lowest BCUT2D eigenvalue weighted by atomic mass is 9.53. The van der Waals surface area contributed by atoms with E-state index in [4.69, 9.17) is 0 Å². The van der Waals surface area contributed by atoms with Crippen LogP contribution in [0, 0.1) is 30.1 Å². The van der Waals surface area contributed by atoms with E-state index in [0.29, 0.717) is 42.3 Å². The summed E-state index contributed by atoms with van der Waals surface area (Å²) in [4.78, 5) is 1.91. The molecule has 0 heterocycles. The van der Waals surface area contributed by atoms with Crippen LogP contribution in [0.3, 0.4) is 0 Å². The molecule has 584 valence electrons. The highest BCUT2D eigenvalue weighted by atomic mass is 32.2. The van der Waals surface area contributed by atoms with Crippen molar-refractivity contribution in [2.24, 2.45) is 23.2 Å². The van der Waals surface area contributed by atoms with Crippen molar-refractivity contribution in [3.63, 3.8) is 0 Å². The van der Waals surface area contributed by atoms with Gasteiger partial charge in [-0.1, -0.05) is 222 Å². The molecule has 5 aliphatic rings. The Morgan fingerprint density at radius 2 is 0.691 bits per heavy atom. The van der Waals surface area contributed by atoms with Gasteiger partial charge < -0.3 is 0 Å². The molecule has 5 saturated carbocycles. The van der Waals surface area contributed by atoms with Gasteiger partial charge >= 0.3 is 0 Å². The van der Waals surface area contributed by atoms with Gasteiger partial charge in [0.15, 0.2) is 0 Å². The molecule has 0 saturated heterocycles. The van der Waals surface area contributed by atoms with Crippen LogP contribution in [0.15, 0.2) is 327 Å². The van der Waals surface area contributed by atoms with E-state index in [2.05, 4.69) is 39.7 Å². The Bertz CT molecular complexity index is 5140. The molecule has 5 fully saturated rings. The second kappa shape index (κ2) is 37.9. The molecule has 18 nitrogen and oxygen atoms in total. The maximum absolute atomic E-state index is 13.1. The molecular weight excluding hydrogens is 1500 g/mol. The minimum Gasteiger partial charge on any atom is -0.280 e. The van der Waals surface area contributed by atoms with E-state index in [9.17, 15) is 50.5 Å². The normalized spacial score (nSPS) is 17.7. The topological polar surface area (TPSA) is 259 Å². The van der Waals surface area contributed by atoms with Gasteiger partial charge in [0, 0.05) is 29.9 Å². The lowest BCUT2D eigenvalue weighted by molar-refractivity contribution is -0.00811. The predicted octanol–water partition coefficient (Wildman–Crippen LogP) is 17.9. The molecule has 24 heteroatoms. The van der Waals surface area contributed by atoms with E-state index in [0.717, 1.165) is 74.7 Å². The highest BCUT2D eigenvalue weighted by molar-refractivity contribution is 7.93. The second-order valence-corrected chi connectivity index (χ2v) is 40.6. The van der Waals surface area contributed by atoms with Gasteiger partial charge in [-0.25, -0.2) is 69.0 Å². The van der Waals surface area contributed by atoms with Crippen LogP contribution in [0.4, 0.5) is 22.7 Å². The number of hydrogen-bond acceptors (Lipinski definition) is 12. The van der Waals surface area contributed by atoms with Crippen LogP contribution in [0.25, 0.3) is 0 Å². The lowest BCUT2D eigenvalue weighted by Gasteiger charge is -2.56. The summed E-state index contributed by atoms with van der Waals surface area (Å²) in [5, 5.41) is 0. The van der Waals surface area contributed by atoms with E-state index in [-0.39, 0.29) is 26.8 Å². The first kappa shape index (κ1) is 85.2. The fourth-order valence-corrected chi connectivity index (χ4v) is 22.9. The number of hydrogen-bond donors (Lipinski definition) is 4. The number of nitrogens with one attached hydrogen (secondary N) is 4. The van der Waals surface area contributed by atoms with Crippen molar-refractivity contribution in [1.29, 1.82) is 0 Å². The molecule has 5 aliphatic carbocycles. The highest BCUT2D eigenvalue weighted by Crippen LogP contribution is 2.56. The van der Waals surface area contributed by atoms with E-state index >= 15 is 0 Å². The number of sulfonamides is 6. The van der Waals surface area contributed by atoms with Gasteiger partial charge in [0.25, 0.3) is 30.1 Å². The molecule has 0 unspecified atom stereocenters. The highest BCUT2D eigenvalue weighted by Gasteiger charge is 2.52. The number of para-hydroxylation sites is 4. The number of anilines is 4. The van der Waals surface area contributed by atoms with Crippen LogP contribution >= 0.6 is 0 Å².